The molecule has 0 spiro atoms. The maximum absolute atomic E-state index is 12.7. The standard InChI is InChI=1S/C23H27ClN2O4S.C19H16ClF3N2O3S.C6H11BrO2.CH4/c1-23(2,3)30-20(28)13-26-9-8-17-19(12-26)31-18(21(17)22(25)29)11-16(27)10-14-4-6-15(24)7-5-14;20-11-3-1-10(2-4-11)7-12(26)8-14-16(17(24)27)13-5-6-25(9-15(13)29-14)18(28)19(21,22)23;1-6(2,3)9-5(8)4-7;/h4-7H,8-13H2,1-3H3,(H2,25,29);1-4H,5-9H2,(H2,24,27);4H2,1-3H3;1H4. The molecule has 4 aromatic rings. The van der Waals surface area contributed by atoms with Crippen molar-refractivity contribution in [2.24, 2.45) is 11.5 Å². The molecular weight excluding hydrogens is 1060 g/mol. The average molecular weight is 1120 g/mol. The molecule has 0 fully saturated rings. The van der Waals surface area contributed by atoms with Crippen LogP contribution >= 0.6 is 61.8 Å². The number of thiophene rings is 2. The number of hydrogen-bond donors (Lipinski definition) is 2. The van der Waals surface area contributed by atoms with Crippen LogP contribution in [0.5, 0.6) is 0 Å². The van der Waals surface area contributed by atoms with Crippen molar-refractivity contribution in [3.05, 3.63) is 111 Å². The van der Waals surface area contributed by atoms with Crippen molar-refractivity contribution in [2.45, 2.75) is 118 Å². The van der Waals surface area contributed by atoms with E-state index in [1.165, 1.54) is 11.3 Å². The summed E-state index contributed by atoms with van der Waals surface area (Å²) in [5.41, 5.74) is 14.0. The largest absolute Gasteiger partial charge is 0.471 e. The number of ether oxygens (including phenoxy) is 2. The Kier molecular flexibility index (Phi) is 21.8. The Bertz CT molecular complexity index is 2540. The van der Waals surface area contributed by atoms with Gasteiger partial charge in [-0.3, -0.25) is 38.5 Å². The second-order valence-electron chi connectivity index (χ2n) is 18.1. The first-order chi connectivity index (χ1) is 32.0. The molecule has 3 amide bonds. The van der Waals surface area contributed by atoms with Crippen LogP contribution in [0.4, 0.5) is 13.2 Å². The quantitative estimate of drug-likeness (QED) is 0.0962. The van der Waals surface area contributed by atoms with E-state index in [2.05, 4.69) is 15.9 Å². The summed E-state index contributed by atoms with van der Waals surface area (Å²) in [5.74, 6) is -3.81. The summed E-state index contributed by atoms with van der Waals surface area (Å²) in [6, 6.07) is 13.9. The lowest BCUT2D eigenvalue weighted by Gasteiger charge is -2.28. The number of nitrogens with zero attached hydrogens (tertiary/aromatic N) is 2. The van der Waals surface area contributed by atoms with Gasteiger partial charge in [0.1, 0.15) is 28.1 Å². The topological polar surface area (TPSA) is 196 Å². The third-order valence-corrected chi connectivity index (χ3v) is 13.4. The van der Waals surface area contributed by atoms with E-state index in [-0.39, 0.29) is 99.2 Å². The molecule has 4 N–H and O–H groups in total. The number of rotatable bonds is 13. The van der Waals surface area contributed by atoms with Crippen molar-refractivity contribution in [3.63, 3.8) is 0 Å². The van der Waals surface area contributed by atoms with Gasteiger partial charge in [0.15, 0.2) is 0 Å². The van der Waals surface area contributed by atoms with Gasteiger partial charge in [0.2, 0.25) is 11.8 Å². The van der Waals surface area contributed by atoms with Gasteiger partial charge in [-0.1, -0.05) is 70.8 Å². The maximum atomic E-state index is 12.7. The molecule has 382 valence electrons. The van der Waals surface area contributed by atoms with Gasteiger partial charge in [-0.2, -0.15) is 13.2 Å². The van der Waals surface area contributed by atoms with Crippen LogP contribution in [0.3, 0.4) is 0 Å². The highest BCUT2D eigenvalue weighted by atomic mass is 79.9. The number of primary amides is 2. The summed E-state index contributed by atoms with van der Waals surface area (Å²) in [7, 11) is 0. The third kappa shape index (κ3) is 18.5. The molecule has 13 nitrogen and oxygen atoms in total. The number of fused-ring (bicyclic) bond motifs is 2. The molecule has 6 rings (SSSR count). The molecular formula is C49H58BrCl2F3N4O9S2. The predicted octanol–water partition coefficient (Wildman–Crippen LogP) is 9.22. The maximum Gasteiger partial charge on any atom is 0.471 e. The van der Waals surface area contributed by atoms with Crippen molar-refractivity contribution < 1.29 is 56.2 Å². The van der Waals surface area contributed by atoms with Gasteiger partial charge in [-0.25, -0.2) is 0 Å². The Morgan fingerprint density at radius 2 is 1.04 bits per heavy atom. The lowest BCUT2D eigenvalue weighted by Crippen LogP contribution is -2.43. The van der Waals surface area contributed by atoms with Crippen LogP contribution in [0.25, 0.3) is 0 Å². The first-order valence-corrected chi connectivity index (χ1v) is 25.0. The third-order valence-electron chi connectivity index (χ3n) is 10.0. The van der Waals surface area contributed by atoms with Crippen LogP contribution in [0.1, 0.15) is 111 Å². The van der Waals surface area contributed by atoms with Crippen LogP contribution in [0.15, 0.2) is 48.5 Å². The summed E-state index contributed by atoms with van der Waals surface area (Å²) in [4.78, 5) is 88.7. The fraction of sp³-hybridized carbons (Fsp3) is 0.449. The molecule has 2 aromatic carbocycles. The van der Waals surface area contributed by atoms with Gasteiger partial charge in [-0.05, 0) is 101 Å². The Labute approximate surface area is 432 Å². The number of Topliss-reactive ketones (excluding diaryl/α,β-unsaturated/α-hetero) is 2. The van der Waals surface area contributed by atoms with Crippen molar-refractivity contribution in [1.82, 2.24) is 9.80 Å². The van der Waals surface area contributed by atoms with E-state index in [0.717, 1.165) is 32.9 Å². The molecule has 21 heteroatoms. The Balaban J connectivity index is 0.000000312. The molecule has 2 aliphatic rings. The highest BCUT2D eigenvalue weighted by Crippen LogP contribution is 2.36. The molecule has 0 atom stereocenters. The molecule has 0 radical (unpaired) electrons. The normalized spacial score (nSPS) is 13.5. The average Bonchev–Trinajstić information content (AvgIpc) is 3.77. The first-order valence-electron chi connectivity index (χ1n) is 21.5. The zero-order valence-corrected chi connectivity index (χ0v) is 43.6. The first kappa shape index (κ1) is 59.6. The van der Waals surface area contributed by atoms with Crippen LogP contribution < -0.4 is 11.5 Å². The van der Waals surface area contributed by atoms with Gasteiger partial charge < -0.3 is 25.8 Å². The van der Waals surface area contributed by atoms with E-state index in [1.807, 2.05) is 58.6 Å². The summed E-state index contributed by atoms with van der Waals surface area (Å²) in [6.45, 7) is 12.0. The van der Waals surface area contributed by atoms with E-state index in [1.54, 1.807) is 36.4 Å². The van der Waals surface area contributed by atoms with Crippen LogP contribution in [0.2, 0.25) is 10.0 Å². The monoisotopic (exact) mass is 1120 g/mol. The van der Waals surface area contributed by atoms with Crippen LogP contribution in [-0.2, 0) is 85.1 Å². The number of benzene rings is 2. The highest BCUT2D eigenvalue weighted by Gasteiger charge is 2.44. The number of nitrogens with two attached hydrogens (primary N) is 2. The molecule has 0 unspecified atom stereocenters. The zero-order chi connectivity index (χ0) is 51.6. The number of esters is 2. The molecule has 2 aliphatic heterocycles. The number of carbonyl (C=O) groups excluding carboxylic acids is 7. The number of alkyl halides is 4. The summed E-state index contributed by atoms with van der Waals surface area (Å²) in [6.07, 6.45) is -3.79. The van der Waals surface area contributed by atoms with Gasteiger partial charge in [0.05, 0.1) is 24.2 Å². The Morgan fingerprint density at radius 3 is 1.41 bits per heavy atom. The van der Waals surface area contributed by atoms with Crippen molar-refractivity contribution in [3.8, 4) is 0 Å². The van der Waals surface area contributed by atoms with Crippen molar-refractivity contribution in [1.29, 1.82) is 0 Å². The zero-order valence-electron chi connectivity index (χ0n) is 38.9. The van der Waals surface area contributed by atoms with Gasteiger partial charge >= 0.3 is 24.0 Å². The number of carbonyl (C=O) groups is 7. The molecule has 0 saturated carbocycles. The number of amides is 3. The molecule has 0 saturated heterocycles. The van der Waals surface area contributed by atoms with Crippen molar-refractivity contribution >= 4 is 103 Å². The van der Waals surface area contributed by atoms with E-state index in [4.69, 9.17) is 44.1 Å². The summed E-state index contributed by atoms with van der Waals surface area (Å²) < 4.78 is 48.4. The lowest BCUT2D eigenvalue weighted by molar-refractivity contribution is -0.186. The number of ketones is 2. The summed E-state index contributed by atoms with van der Waals surface area (Å²) >= 11 is 17.2. The number of hydrogen-bond acceptors (Lipinski definition) is 12. The van der Waals surface area contributed by atoms with Gasteiger partial charge in [-0.15, -0.1) is 22.7 Å². The summed E-state index contributed by atoms with van der Waals surface area (Å²) in [5, 5.41) is 1.43. The van der Waals surface area contributed by atoms with E-state index in [0.29, 0.717) is 60.2 Å². The molecule has 4 heterocycles. The van der Waals surface area contributed by atoms with Gasteiger partial charge in [0, 0.05) is 74.9 Å². The van der Waals surface area contributed by atoms with Crippen LogP contribution in [0, 0.1) is 0 Å². The van der Waals surface area contributed by atoms with Crippen LogP contribution in [-0.4, -0.2) is 93.4 Å². The minimum absolute atomic E-state index is 0. The van der Waals surface area contributed by atoms with E-state index >= 15 is 0 Å². The molecule has 0 bridgehead atoms. The molecule has 70 heavy (non-hydrogen) atoms. The fourth-order valence-electron chi connectivity index (χ4n) is 7.35. The highest BCUT2D eigenvalue weighted by molar-refractivity contribution is 9.09. The molecule has 0 aliphatic carbocycles. The minimum atomic E-state index is -4.96. The minimum Gasteiger partial charge on any atom is -0.459 e. The predicted molar refractivity (Wildman–Crippen MR) is 270 cm³/mol. The van der Waals surface area contributed by atoms with Crippen molar-refractivity contribution in [2.75, 3.05) is 25.0 Å². The van der Waals surface area contributed by atoms with Gasteiger partial charge in [0.25, 0.3) is 0 Å². The smallest absolute Gasteiger partial charge is 0.459 e. The Morgan fingerprint density at radius 1 is 0.643 bits per heavy atom. The SMILES string of the molecule is C.CC(C)(C)OC(=O)CBr.CC(C)(C)OC(=O)CN1CCc2c(sc(CC(=O)Cc3ccc(Cl)cc3)c2C(N)=O)C1.NC(=O)c1c(CC(=O)Cc2ccc(Cl)cc2)sc2c1CCN(C(=O)C(F)(F)F)C2. The van der Waals surface area contributed by atoms with E-state index in [9.17, 15) is 46.7 Å². The number of halogens is 6. The van der Waals surface area contributed by atoms with E-state index < -0.39 is 29.5 Å². The molecule has 2 aromatic heterocycles. The second-order valence-corrected chi connectivity index (χ2v) is 21.9. The second kappa shape index (κ2) is 25.6. The Hall–Kier alpha value is -4.66. The lowest BCUT2D eigenvalue weighted by atomic mass is 9.98. The fourth-order valence-corrected chi connectivity index (χ4v) is 10.6.